The Balaban J connectivity index is 3.02. The van der Waals surface area contributed by atoms with E-state index in [4.69, 9.17) is 27.9 Å². The van der Waals surface area contributed by atoms with Gasteiger partial charge in [0.1, 0.15) is 0 Å². The molecule has 0 aliphatic carbocycles. The Hall–Kier alpha value is -1.03. The summed E-state index contributed by atoms with van der Waals surface area (Å²) in [6.07, 6.45) is 1.64. The van der Waals surface area contributed by atoms with Crippen molar-refractivity contribution >= 4 is 35.2 Å². The second-order valence-electron chi connectivity index (χ2n) is 3.46. The summed E-state index contributed by atoms with van der Waals surface area (Å²) in [5.41, 5.74) is 1.10. The van der Waals surface area contributed by atoms with Crippen LogP contribution in [0.5, 0.6) is 0 Å². The maximum absolute atomic E-state index is 11.6. The SMILES string of the molecule is CCOC/C(=C\c1ccc(Cl)cc1Cl)C(=O)OC. The summed E-state index contributed by atoms with van der Waals surface area (Å²) >= 11 is 11.8. The lowest BCUT2D eigenvalue weighted by molar-refractivity contribution is -0.136. The molecule has 0 aliphatic rings. The van der Waals surface area contributed by atoms with E-state index in [0.717, 1.165) is 0 Å². The highest BCUT2D eigenvalue weighted by Gasteiger charge is 2.11. The average Bonchev–Trinajstić information content (AvgIpc) is 2.36. The van der Waals surface area contributed by atoms with E-state index in [0.29, 0.717) is 27.8 Å². The van der Waals surface area contributed by atoms with E-state index in [1.165, 1.54) is 7.11 Å². The molecule has 0 radical (unpaired) electrons. The lowest BCUT2D eigenvalue weighted by Gasteiger charge is -2.06. The number of hydrogen-bond donors (Lipinski definition) is 0. The molecule has 0 heterocycles. The lowest BCUT2D eigenvalue weighted by Crippen LogP contribution is -2.10. The standard InChI is InChI=1S/C13H14Cl2O3/c1-3-18-8-10(13(16)17-2)6-9-4-5-11(14)7-12(9)15/h4-7H,3,8H2,1-2H3/b10-6+. The molecule has 1 aromatic carbocycles. The zero-order valence-corrected chi connectivity index (χ0v) is 11.7. The normalized spacial score (nSPS) is 11.4. The smallest absolute Gasteiger partial charge is 0.336 e. The summed E-state index contributed by atoms with van der Waals surface area (Å²) < 4.78 is 9.90. The molecule has 0 unspecified atom stereocenters. The molecule has 0 bridgehead atoms. The monoisotopic (exact) mass is 288 g/mol. The van der Waals surface area contributed by atoms with Crippen LogP contribution in [-0.4, -0.2) is 26.3 Å². The van der Waals surface area contributed by atoms with Crippen molar-refractivity contribution in [3.05, 3.63) is 39.4 Å². The number of benzene rings is 1. The fourth-order valence-corrected chi connectivity index (χ4v) is 1.77. The Kier molecular flexibility index (Phi) is 6.19. The summed E-state index contributed by atoms with van der Waals surface area (Å²) in [6, 6.07) is 5.05. The van der Waals surface area contributed by atoms with Gasteiger partial charge in [-0.25, -0.2) is 4.79 Å². The summed E-state index contributed by atoms with van der Waals surface area (Å²) in [7, 11) is 1.32. The van der Waals surface area contributed by atoms with Gasteiger partial charge in [-0.15, -0.1) is 0 Å². The van der Waals surface area contributed by atoms with Crippen LogP contribution in [0.15, 0.2) is 23.8 Å². The van der Waals surface area contributed by atoms with Crippen molar-refractivity contribution in [2.45, 2.75) is 6.92 Å². The van der Waals surface area contributed by atoms with Crippen LogP contribution in [0.3, 0.4) is 0 Å². The van der Waals surface area contributed by atoms with Crippen LogP contribution in [0.1, 0.15) is 12.5 Å². The second kappa shape index (κ2) is 7.41. The van der Waals surface area contributed by atoms with Crippen molar-refractivity contribution < 1.29 is 14.3 Å². The number of halogens is 2. The molecule has 1 rings (SSSR count). The molecule has 0 N–H and O–H groups in total. The Labute approximate surface area is 116 Å². The van der Waals surface area contributed by atoms with Crippen molar-refractivity contribution in [3.63, 3.8) is 0 Å². The molecule has 0 fully saturated rings. The van der Waals surface area contributed by atoms with Crippen molar-refractivity contribution in [2.75, 3.05) is 20.3 Å². The van der Waals surface area contributed by atoms with E-state index in [1.807, 2.05) is 6.92 Å². The zero-order chi connectivity index (χ0) is 13.5. The predicted molar refractivity (Wildman–Crippen MR) is 72.9 cm³/mol. The number of hydrogen-bond acceptors (Lipinski definition) is 3. The van der Waals surface area contributed by atoms with Crippen molar-refractivity contribution in [1.82, 2.24) is 0 Å². The minimum atomic E-state index is -0.436. The van der Waals surface area contributed by atoms with Crippen LogP contribution < -0.4 is 0 Å². The Morgan fingerprint density at radius 1 is 1.39 bits per heavy atom. The van der Waals surface area contributed by atoms with Gasteiger partial charge in [-0.05, 0) is 30.7 Å². The maximum Gasteiger partial charge on any atom is 0.336 e. The molecule has 0 aliphatic heterocycles. The van der Waals surface area contributed by atoms with Crippen LogP contribution in [0, 0.1) is 0 Å². The van der Waals surface area contributed by atoms with Gasteiger partial charge in [0.15, 0.2) is 0 Å². The molecule has 3 nitrogen and oxygen atoms in total. The first kappa shape index (κ1) is 15.0. The zero-order valence-electron chi connectivity index (χ0n) is 10.2. The van der Waals surface area contributed by atoms with Gasteiger partial charge in [-0.1, -0.05) is 29.3 Å². The quantitative estimate of drug-likeness (QED) is 0.614. The third kappa shape index (κ3) is 4.33. The molecule has 98 valence electrons. The van der Waals surface area contributed by atoms with Crippen molar-refractivity contribution in [1.29, 1.82) is 0 Å². The molecule has 0 aromatic heterocycles. The van der Waals surface area contributed by atoms with Crippen LogP contribution in [0.25, 0.3) is 6.08 Å². The third-order valence-corrected chi connectivity index (χ3v) is 2.76. The van der Waals surface area contributed by atoms with Crippen LogP contribution in [0.2, 0.25) is 10.0 Å². The summed E-state index contributed by atoms with van der Waals surface area (Å²) in [4.78, 5) is 11.6. The molecule has 0 atom stereocenters. The summed E-state index contributed by atoms with van der Waals surface area (Å²) in [5.74, 6) is -0.436. The maximum atomic E-state index is 11.6. The van der Waals surface area contributed by atoms with Crippen LogP contribution in [-0.2, 0) is 14.3 Å². The number of rotatable bonds is 5. The molecular weight excluding hydrogens is 275 g/mol. The highest BCUT2D eigenvalue weighted by molar-refractivity contribution is 6.35. The number of ether oxygens (including phenoxy) is 2. The highest BCUT2D eigenvalue weighted by Crippen LogP contribution is 2.23. The van der Waals surface area contributed by atoms with Crippen molar-refractivity contribution in [2.24, 2.45) is 0 Å². The number of methoxy groups -OCH3 is 1. The molecular formula is C13H14Cl2O3. The fourth-order valence-electron chi connectivity index (χ4n) is 1.31. The minimum absolute atomic E-state index is 0.183. The minimum Gasteiger partial charge on any atom is -0.466 e. The molecule has 1 aromatic rings. The first-order valence-corrected chi connectivity index (χ1v) is 6.15. The van der Waals surface area contributed by atoms with Gasteiger partial charge < -0.3 is 9.47 Å². The fraction of sp³-hybridized carbons (Fsp3) is 0.308. The largest absolute Gasteiger partial charge is 0.466 e. The number of carbonyl (C=O) groups is 1. The average molecular weight is 289 g/mol. The van der Waals surface area contributed by atoms with Crippen LogP contribution >= 0.6 is 23.2 Å². The van der Waals surface area contributed by atoms with E-state index in [1.54, 1.807) is 24.3 Å². The molecule has 0 amide bonds. The highest BCUT2D eigenvalue weighted by atomic mass is 35.5. The Morgan fingerprint density at radius 3 is 2.67 bits per heavy atom. The van der Waals surface area contributed by atoms with E-state index in [9.17, 15) is 4.79 Å². The van der Waals surface area contributed by atoms with Crippen molar-refractivity contribution in [3.8, 4) is 0 Å². The van der Waals surface area contributed by atoms with Gasteiger partial charge in [-0.3, -0.25) is 0 Å². The van der Waals surface area contributed by atoms with Gasteiger partial charge in [0.25, 0.3) is 0 Å². The van der Waals surface area contributed by atoms with E-state index in [-0.39, 0.29) is 6.61 Å². The van der Waals surface area contributed by atoms with Gasteiger partial charge in [-0.2, -0.15) is 0 Å². The molecule has 0 saturated carbocycles. The van der Waals surface area contributed by atoms with Gasteiger partial charge >= 0.3 is 5.97 Å². The van der Waals surface area contributed by atoms with Crippen LogP contribution in [0.4, 0.5) is 0 Å². The third-order valence-electron chi connectivity index (χ3n) is 2.20. The van der Waals surface area contributed by atoms with E-state index < -0.39 is 5.97 Å². The number of carbonyl (C=O) groups excluding carboxylic acids is 1. The van der Waals surface area contributed by atoms with E-state index in [2.05, 4.69) is 4.74 Å². The molecule has 0 spiro atoms. The first-order chi connectivity index (χ1) is 8.58. The predicted octanol–water partition coefficient (Wildman–Crippen LogP) is 3.59. The van der Waals surface area contributed by atoms with Gasteiger partial charge in [0.05, 0.1) is 19.3 Å². The van der Waals surface area contributed by atoms with Gasteiger partial charge in [0, 0.05) is 16.7 Å². The summed E-state index contributed by atoms with van der Waals surface area (Å²) in [6.45, 7) is 2.55. The number of esters is 1. The van der Waals surface area contributed by atoms with E-state index >= 15 is 0 Å². The molecule has 18 heavy (non-hydrogen) atoms. The Bertz CT molecular complexity index is 456. The lowest BCUT2D eigenvalue weighted by atomic mass is 10.1. The molecule has 5 heteroatoms. The van der Waals surface area contributed by atoms with Gasteiger partial charge in [0.2, 0.25) is 0 Å². The Morgan fingerprint density at radius 2 is 2.11 bits per heavy atom. The topological polar surface area (TPSA) is 35.5 Å². The molecule has 0 saturated heterocycles. The first-order valence-electron chi connectivity index (χ1n) is 5.40. The second-order valence-corrected chi connectivity index (χ2v) is 4.31. The summed E-state index contributed by atoms with van der Waals surface area (Å²) in [5, 5.41) is 1.02.